The number of rotatable bonds is 5. The van der Waals surface area contributed by atoms with Gasteiger partial charge in [0, 0.05) is 23.8 Å². The molecule has 0 saturated carbocycles. The van der Waals surface area contributed by atoms with Crippen LogP contribution in [-0.4, -0.2) is 36.2 Å². The maximum absolute atomic E-state index is 5.94. The van der Waals surface area contributed by atoms with Crippen molar-refractivity contribution in [2.24, 2.45) is 5.92 Å². The van der Waals surface area contributed by atoms with Gasteiger partial charge in [-0.25, -0.2) is 0 Å². The summed E-state index contributed by atoms with van der Waals surface area (Å²) in [7, 11) is 0. The van der Waals surface area contributed by atoms with Gasteiger partial charge in [0.1, 0.15) is 0 Å². The third kappa shape index (κ3) is 6.20. The first-order valence-electron chi connectivity index (χ1n) is 7.66. The molecule has 2 rings (SSSR count). The summed E-state index contributed by atoms with van der Waals surface area (Å²) in [6.45, 7) is 6.88. The highest BCUT2D eigenvalue weighted by molar-refractivity contribution is 7.80. The van der Waals surface area contributed by atoms with Crippen molar-refractivity contribution in [2.75, 3.05) is 31.5 Å². The van der Waals surface area contributed by atoms with E-state index in [9.17, 15) is 0 Å². The summed E-state index contributed by atoms with van der Waals surface area (Å²) in [4.78, 5) is 2.56. The minimum Gasteiger partial charge on any atom is -0.362 e. The van der Waals surface area contributed by atoms with E-state index < -0.39 is 0 Å². The zero-order valence-corrected chi connectivity index (χ0v) is 14.1. The summed E-state index contributed by atoms with van der Waals surface area (Å²) in [6, 6.07) is 7.58. The fraction of sp³-hybridized carbons (Fsp3) is 0.562. The van der Waals surface area contributed by atoms with E-state index in [1.165, 1.54) is 25.9 Å². The lowest BCUT2D eigenvalue weighted by atomic mass is 10.0. The molecule has 1 fully saturated rings. The van der Waals surface area contributed by atoms with E-state index in [-0.39, 0.29) is 0 Å². The SMILES string of the molecule is CC1CCCN(CCCNC(=S)Nc2cccc(Cl)c2)C1. The molecule has 0 radical (unpaired) electrons. The number of halogens is 1. The van der Waals surface area contributed by atoms with Crippen molar-refractivity contribution in [1.82, 2.24) is 10.2 Å². The molecule has 0 aliphatic carbocycles. The third-order valence-corrected chi connectivity index (χ3v) is 4.24. The Morgan fingerprint density at radius 3 is 3.10 bits per heavy atom. The number of nitrogens with one attached hydrogen (secondary N) is 2. The van der Waals surface area contributed by atoms with E-state index in [1.54, 1.807) is 0 Å². The van der Waals surface area contributed by atoms with Crippen LogP contribution in [0.25, 0.3) is 0 Å². The van der Waals surface area contributed by atoms with E-state index >= 15 is 0 Å². The molecule has 21 heavy (non-hydrogen) atoms. The highest BCUT2D eigenvalue weighted by Crippen LogP contribution is 2.15. The van der Waals surface area contributed by atoms with E-state index in [1.807, 2.05) is 24.3 Å². The molecule has 1 aromatic rings. The maximum Gasteiger partial charge on any atom is 0.170 e. The van der Waals surface area contributed by atoms with Crippen molar-refractivity contribution >= 4 is 34.6 Å². The van der Waals surface area contributed by atoms with Crippen LogP contribution < -0.4 is 10.6 Å². The van der Waals surface area contributed by atoms with E-state index in [4.69, 9.17) is 23.8 Å². The van der Waals surface area contributed by atoms with Crippen LogP contribution in [0.15, 0.2) is 24.3 Å². The van der Waals surface area contributed by atoms with Crippen LogP contribution in [0.3, 0.4) is 0 Å². The van der Waals surface area contributed by atoms with Crippen molar-refractivity contribution in [3.63, 3.8) is 0 Å². The molecule has 1 aromatic carbocycles. The molecule has 0 bridgehead atoms. The lowest BCUT2D eigenvalue weighted by Gasteiger charge is -2.30. The zero-order chi connectivity index (χ0) is 15.1. The summed E-state index contributed by atoms with van der Waals surface area (Å²) in [6.07, 6.45) is 3.83. The second kappa shape index (κ2) is 8.57. The molecule has 1 heterocycles. The van der Waals surface area contributed by atoms with Crippen LogP contribution in [0.4, 0.5) is 5.69 Å². The standard InChI is InChI=1S/C16H24ClN3S/c1-13-5-3-9-20(12-13)10-4-8-18-16(21)19-15-7-2-6-14(17)11-15/h2,6-7,11,13H,3-5,8-10,12H2,1H3,(H2,18,19,21). The Balaban J connectivity index is 1.61. The molecule has 1 atom stereocenters. The normalized spacial score (nSPS) is 19.2. The van der Waals surface area contributed by atoms with Gasteiger partial charge in [0.15, 0.2) is 5.11 Å². The van der Waals surface area contributed by atoms with Gasteiger partial charge in [0.2, 0.25) is 0 Å². The summed E-state index contributed by atoms with van der Waals surface area (Å²) < 4.78 is 0. The van der Waals surface area contributed by atoms with Crippen LogP contribution in [0, 0.1) is 5.92 Å². The molecule has 0 spiro atoms. The first-order valence-corrected chi connectivity index (χ1v) is 8.45. The second-order valence-electron chi connectivity index (χ2n) is 5.79. The van der Waals surface area contributed by atoms with Crippen molar-refractivity contribution < 1.29 is 0 Å². The quantitative estimate of drug-likeness (QED) is 0.637. The molecular formula is C16H24ClN3S. The Labute approximate surface area is 138 Å². The third-order valence-electron chi connectivity index (χ3n) is 3.76. The summed E-state index contributed by atoms with van der Waals surface area (Å²) in [5.41, 5.74) is 0.921. The van der Waals surface area contributed by atoms with Gasteiger partial charge in [0.25, 0.3) is 0 Å². The minimum atomic E-state index is 0.657. The van der Waals surface area contributed by atoms with Gasteiger partial charge in [0.05, 0.1) is 0 Å². The smallest absolute Gasteiger partial charge is 0.170 e. The van der Waals surface area contributed by atoms with Gasteiger partial charge < -0.3 is 15.5 Å². The van der Waals surface area contributed by atoms with Crippen LogP contribution in [0.5, 0.6) is 0 Å². The van der Waals surface area contributed by atoms with Crippen molar-refractivity contribution in [3.8, 4) is 0 Å². The van der Waals surface area contributed by atoms with Gasteiger partial charge in [-0.1, -0.05) is 24.6 Å². The monoisotopic (exact) mass is 325 g/mol. The average Bonchev–Trinajstić information content (AvgIpc) is 2.44. The number of piperidine rings is 1. The number of nitrogens with zero attached hydrogens (tertiary/aromatic N) is 1. The van der Waals surface area contributed by atoms with Gasteiger partial charge in [-0.15, -0.1) is 0 Å². The Hall–Kier alpha value is -0.840. The van der Waals surface area contributed by atoms with E-state index in [2.05, 4.69) is 22.5 Å². The van der Waals surface area contributed by atoms with E-state index in [0.29, 0.717) is 10.1 Å². The molecule has 0 amide bonds. The fourth-order valence-corrected chi connectivity index (χ4v) is 3.15. The molecule has 3 nitrogen and oxygen atoms in total. The number of benzene rings is 1. The Morgan fingerprint density at radius 1 is 1.48 bits per heavy atom. The van der Waals surface area contributed by atoms with Crippen molar-refractivity contribution in [2.45, 2.75) is 26.2 Å². The van der Waals surface area contributed by atoms with Crippen LogP contribution in [-0.2, 0) is 0 Å². The molecule has 1 unspecified atom stereocenters. The minimum absolute atomic E-state index is 0.657. The summed E-state index contributed by atoms with van der Waals surface area (Å²) in [5, 5.41) is 7.77. The van der Waals surface area contributed by atoms with Gasteiger partial charge in [-0.05, 0) is 68.7 Å². The highest BCUT2D eigenvalue weighted by atomic mass is 35.5. The van der Waals surface area contributed by atoms with Gasteiger partial charge in [-0.3, -0.25) is 0 Å². The molecule has 2 N–H and O–H groups in total. The molecule has 5 heteroatoms. The van der Waals surface area contributed by atoms with Crippen molar-refractivity contribution in [1.29, 1.82) is 0 Å². The Bertz CT molecular complexity index is 467. The van der Waals surface area contributed by atoms with Crippen LogP contribution in [0.1, 0.15) is 26.2 Å². The highest BCUT2D eigenvalue weighted by Gasteiger charge is 2.15. The molecule has 1 aliphatic heterocycles. The number of hydrogen-bond donors (Lipinski definition) is 2. The summed E-state index contributed by atoms with van der Waals surface area (Å²) in [5.74, 6) is 0.845. The molecule has 1 aliphatic rings. The number of hydrogen-bond acceptors (Lipinski definition) is 2. The Morgan fingerprint density at radius 2 is 2.33 bits per heavy atom. The second-order valence-corrected chi connectivity index (χ2v) is 6.64. The predicted octanol–water partition coefficient (Wildman–Crippen LogP) is 3.75. The largest absolute Gasteiger partial charge is 0.362 e. The molecule has 0 aromatic heterocycles. The fourth-order valence-electron chi connectivity index (χ4n) is 2.74. The average molecular weight is 326 g/mol. The van der Waals surface area contributed by atoms with Gasteiger partial charge in [-0.2, -0.15) is 0 Å². The van der Waals surface area contributed by atoms with E-state index in [0.717, 1.165) is 31.1 Å². The molecule has 1 saturated heterocycles. The lowest BCUT2D eigenvalue weighted by molar-refractivity contribution is 0.182. The predicted molar refractivity (Wildman–Crippen MR) is 95.1 cm³/mol. The summed E-state index contributed by atoms with van der Waals surface area (Å²) >= 11 is 11.2. The number of likely N-dealkylation sites (tertiary alicyclic amines) is 1. The van der Waals surface area contributed by atoms with Crippen LogP contribution >= 0.6 is 23.8 Å². The lowest BCUT2D eigenvalue weighted by Crippen LogP contribution is -2.37. The number of anilines is 1. The number of thiocarbonyl (C=S) groups is 1. The topological polar surface area (TPSA) is 27.3 Å². The molecule has 116 valence electrons. The molecular weight excluding hydrogens is 302 g/mol. The van der Waals surface area contributed by atoms with Crippen molar-refractivity contribution in [3.05, 3.63) is 29.3 Å². The Kier molecular flexibility index (Phi) is 6.74. The first-order chi connectivity index (χ1) is 10.1. The van der Waals surface area contributed by atoms with Gasteiger partial charge >= 0.3 is 0 Å². The maximum atomic E-state index is 5.94. The van der Waals surface area contributed by atoms with Crippen LogP contribution in [0.2, 0.25) is 5.02 Å². The zero-order valence-electron chi connectivity index (χ0n) is 12.6. The first kappa shape index (κ1) is 16.5.